The summed E-state index contributed by atoms with van der Waals surface area (Å²) < 4.78 is 38.5. The molecule has 1 aliphatic rings. The maximum absolute atomic E-state index is 12.5. The number of nitrogens with two attached hydrogens (primary N) is 1. The van der Waals surface area contributed by atoms with Crippen molar-refractivity contribution in [1.82, 2.24) is 14.7 Å². The fourth-order valence-corrected chi connectivity index (χ4v) is 2.92. The van der Waals surface area contributed by atoms with E-state index in [-0.39, 0.29) is 17.9 Å². The van der Waals surface area contributed by atoms with E-state index in [1.165, 1.54) is 6.20 Å². The number of halogens is 3. The van der Waals surface area contributed by atoms with Crippen LogP contribution in [0.3, 0.4) is 0 Å². The van der Waals surface area contributed by atoms with Crippen molar-refractivity contribution in [1.29, 1.82) is 0 Å². The van der Waals surface area contributed by atoms with Crippen LogP contribution in [0, 0.1) is 11.3 Å². The van der Waals surface area contributed by atoms with Gasteiger partial charge in [-0.05, 0) is 36.8 Å². The SMILES string of the molecule is CC(C)(CN)C1CCN(C(=O)Cn2ccc(C(F)(F)F)n2)CC1. The molecule has 0 bridgehead atoms. The van der Waals surface area contributed by atoms with Gasteiger partial charge in [-0.2, -0.15) is 18.3 Å². The number of alkyl halides is 3. The smallest absolute Gasteiger partial charge is 0.341 e. The predicted molar refractivity (Wildman–Crippen MR) is 79.4 cm³/mol. The van der Waals surface area contributed by atoms with Crippen molar-refractivity contribution in [3.8, 4) is 0 Å². The first kappa shape index (κ1) is 17.8. The Morgan fingerprint density at radius 3 is 2.43 bits per heavy atom. The quantitative estimate of drug-likeness (QED) is 0.919. The summed E-state index contributed by atoms with van der Waals surface area (Å²) in [5, 5.41) is 3.41. The zero-order chi connectivity index (χ0) is 17.3. The van der Waals surface area contributed by atoms with Crippen molar-refractivity contribution >= 4 is 5.91 Å². The highest BCUT2D eigenvalue weighted by Crippen LogP contribution is 2.34. The number of piperidine rings is 1. The van der Waals surface area contributed by atoms with E-state index in [4.69, 9.17) is 5.73 Å². The van der Waals surface area contributed by atoms with E-state index in [0.29, 0.717) is 25.6 Å². The van der Waals surface area contributed by atoms with Crippen LogP contribution < -0.4 is 5.73 Å². The second-order valence-corrected chi connectivity index (χ2v) is 6.74. The summed E-state index contributed by atoms with van der Waals surface area (Å²) >= 11 is 0. The van der Waals surface area contributed by atoms with Gasteiger partial charge in [0, 0.05) is 19.3 Å². The molecule has 0 aliphatic carbocycles. The topological polar surface area (TPSA) is 64.2 Å². The molecule has 2 N–H and O–H groups in total. The second-order valence-electron chi connectivity index (χ2n) is 6.74. The standard InChI is InChI=1S/C15H23F3N4O/c1-14(2,10-19)11-3-6-21(7-4-11)13(23)9-22-8-5-12(20-22)15(16,17)18/h5,8,11H,3-4,6-7,9-10,19H2,1-2H3. The molecule has 1 fully saturated rings. The van der Waals surface area contributed by atoms with Crippen LogP contribution in [-0.2, 0) is 17.5 Å². The summed E-state index contributed by atoms with van der Waals surface area (Å²) in [7, 11) is 0. The first-order chi connectivity index (χ1) is 10.6. The van der Waals surface area contributed by atoms with Crippen LogP contribution in [0.15, 0.2) is 12.3 Å². The van der Waals surface area contributed by atoms with Crippen molar-refractivity contribution in [3.05, 3.63) is 18.0 Å². The summed E-state index contributed by atoms with van der Waals surface area (Å²) in [4.78, 5) is 13.9. The molecule has 0 radical (unpaired) electrons. The molecule has 2 rings (SSSR count). The molecule has 0 atom stereocenters. The second kappa shape index (κ2) is 6.51. The lowest BCUT2D eigenvalue weighted by molar-refractivity contribution is -0.142. The van der Waals surface area contributed by atoms with Crippen LogP contribution in [0.4, 0.5) is 13.2 Å². The van der Waals surface area contributed by atoms with Gasteiger partial charge in [-0.15, -0.1) is 0 Å². The number of rotatable bonds is 4. The highest BCUT2D eigenvalue weighted by Gasteiger charge is 2.35. The van der Waals surface area contributed by atoms with Gasteiger partial charge in [-0.25, -0.2) is 0 Å². The Labute approximate surface area is 133 Å². The average Bonchev–Trinajstić information content (AvgIpc) is 2.96. The van der Waals surface area contributed by atoms with Crippen molar-refractivity contribution < 1.29 is 18.0 Å². The third-order valence-electron chi connectivity index (χ3n) is 4.71. The van der Waals surface area contributed by atoms with Crippen molar-refractivity contribution in [2.24, 2.45) is 17.1 Å². The molecule has 0 spiro atoms. The van der Waals surface area contributed by atoms with Gasteiger partial charge in [0.05, 0.1) is 0 Å². The van der Waals surface area contributed by atoms with Crippen LogP contribution in [-0.4, -0.2) is 40.2 Å². The molecule has 1 aromatic rings. The van der Waals surface area contributed by atoms with Crippen LogP contribution in [0.25, 0.3) is 0 Å². The zero-order valence-electron chi connectivity index (χ0n) is 13.4. The summed E-state index contributed by atoms with van der Waals surface area (Å²) in [6.07, 6.45) is -1.57. The lowest BCUT2D eigenvalue weighted by Gasteiger charge is -2.40. The van der Waals surface area contributed by atoms with Gasteiger partial charge < -0.3 is 10.6 Å². The van der Waals surface area contributed by atoms with Crippen molar-refractivity contribution in [2.45, 2.75) is 39.4 Å². The van der Waals surface area contributed by atoms with E-state index in [1.807, 2.05) is 0 Å². The Morgan fingerprint density at radius 2 is 1.96 bits per heavy atom. The molecule has 8 heteroatoms. The van der Waals surface area contributed by atoms with Gasteiger partial charge >= 0.3 is 6.18 Å². The van der Waals surface area contributed by atoms with Crippen LogP contribution >= 0.6 is 0 Å². The first-order valence-electron chi connectivity index (χ1n) is 7.72. The molecule has 0 aromatic carbocycles. The van der Waals surface area contributed by atoms with Crippen LogP contribution in [0.2, 0.25) is 0 Å². The Morgan fingerprint density at radius 1 is 1.35 bits per heavy atom. The zero-order valence-corrected chi connectivity index (χ0v) is 13.4. The molecule has 1 saturated heterocycles. The predicted octanol–water partition coefficient (Wildman–Crippen LogP) is 2.13. The minimum Gasteiger partial charge on any atom is -0.341 e. The molecule has 130 valence electrons. The number of carbonyl (C=O) groups excluding carboxylic acids is 1. The lowest BCUT2D eigenvalue weighted by Crippen LogP contribution is -2.45. The lowest BCUT2D eigenvalue weighted by atomic mass is 9.74. The van der Waals surface area contributed by atoms with Crippen LogP contribution in [0.1, 0.15) is 32.4 Å². The minimum atomic E-state index is -4.49. The van der Waals surface area contributed by atoms with E-state index >= 15 is 0 Å². The molecule has 23 heavy (non-hydrogen) atoms. The molecule has 1 amide bonds. The molecule has 1 aromatic heterocycles. The van der Waals surface area contributed by atoms with Gasteiger partial charge in [0.2, 0.25) is 5.91 Å². The number of aromatic nitrogens is 2. The summed E-state index contributed by atoms with van der Waals surface area (Å²) in [5.41, 5.74) is 4.85. The van der Waals surface area contributed by atoms with Gasteiger partial charge in [0.15, 0.2) is 5.69 Å². The van der Waals surface area contributed by atoms with E-state index in [9.17, 15) is 18.0 Å². The first-order valence-corrected chi connectivity index (χ1v) is 7.72. The fourth-order valence-electron chi connectivity index (χ4n) is 2.92. The van der Waals surface area contributed by atoms with Crippen LogP contribution in [0.5, 0.6) is 0 Å². The number of likely N-dealkylation sites (tertiary alicyclic amines) is 1. The molecule has 5 nitrogen and oxygen atoms in total. The van der Waals surface area contributed by atoms with Crippen molar-refractivity contribution in [3.63, 3.8) is 0 Å². The minimum absolute atomic E-state index is 0.0404. The molecule has 0 unspecified atom stereocenters. The van der Waals surface area contributed by atoms with Gasteiger partial charge in [0.25, 0.3) is 0 Å². The maximum Gasteiger partial charge on any atom is 0.435 e. The summed E-state index contributed by atoms with van der Waals surface area (Å²) in [5.74, 6) is 0.254. The van der Waals surface area contributed by atoms with E-state index in [0.717, 1.165) is 23.6 Å². The Hall–Kier alpha value is -1.57. The third kappa shape index (κ3) is 4.25. The highest BCUT2D eigenvalue weighted by molar-refractivity contribution is 5.76. The largest absolute Gasteiger partial charge is 0.435 e. The summed E-state index contributed by atoms with van der Waals surface area (Å²) in [6.45, 7) is 5.90. The normalized spacial score (nSPS) is 17.6. The number of hydrogen-bond acceptors (Lipinski definition) is 3. The monoisotopic (exact) mass is 332 g/mol. The van der Waals surface area contributed by atoms with Crippen molar-refractivity contribution in [2.75, 3.05) is 19.6 Å². The molecular weight excluding hydrogens is 309 g/mol. The van der Waals surface area contributed by atoms with Gasteiger partial charge in [-0.3, -0.25) is 9.48 Å². The summed E-state index contributed by atoms with van der Waals surface area (Å²) in [6, 6.07) is 0.878. The third-order valence-corrected chi connectivity index (χ3v) is 4.71. The molecule has 1 aliphatic heterocycles. The van der Waals surface area contributed by atoms with E-state index in [2.05, 4.69) is 18.9 Å². The Balaban J connectivity index is 1.89. The number of amides is 1. The fraction of sp³-hybridized carbons (Fsp3) is 0.733. The average molecular weight is 332 g/mol. The van der Waals surface area contributed by atoms with Gasteiger partial charge in [0.1, 0.15) is 6.54 Å². The molecular formula is C15H23F3N4O. The number of nitrogens with zero attached hydrogens (tertiary/aromatic N) is 3. The number of hydrogen-bond donors (Lipinski definition) is 1. The Bertz CT molecular complexity index is 545. The van der Waals surface area contributed by atoms with E-state index in [1.54, 1.807) is 4.90 Å². The highest BCUT2D eigenvalue weighted by atomic mass is 19.4. The molecule has 0 saturated carbocycles. The van der Waals surface area contributed by atoms with Gasteiger partial charge in [-0.1, -0.05) is 13.8 Å². The maximum atomic E-state index is 12.5. The molecule has 2 heterocycles. The van der Waals surface area contributed by atoms with E-state index < -0.39 is 11.9 Å². The Kier molecular flexibility index (Phi) is 5.03. The number of carbonyl (C=O) groups is 1.